The summed E-state index contributed by atoms with van der Waals surface area (Å²) in [6.07, 6.45) is 3.76. The number of rotatable bonds is 2. The number of hydrogen-bond donors (Lipinski definition) is 0. The van der Waals surface area contributed by atoms with Gasteiger partial charge in [0.2, 0.25) is 0 Å². The van der Waals surface area contributed by atoms with Gasteiger partial charge in [-0.1, -0.05) is 66.7 Å². The van der Waals surface area contributed by atoms with Crippen LogP contribution in [-0.4, -0.2) is 14.1 Å². The molecular formula is C37H21N3S. The van der Waals surface area contributed by atoms with Crippen LogP contribution in [0.3, 0.4) is 0 Å². The molecule has 0 aliphatic carbocycles. The predicted molar refractivity (Wildman–Crippen MR) is 174 cm³/mol. The van der Waals surface area contributed by atoms with E-state index in [2.05, 4.69) is 129 Å². The Morgan fingerprint density at radius 3 is 1.88 bits per heavy atom. The fourth-order valence-electron chi connectivity index (χ4n) is 7.15. The summed E-state index contributed by atoms with van der Waals surface area (Å²) in [5.41, 5.74) is 9.86. The molecule has 2 aromatic heterocycles. The van der Waals surface area contributed by atoms with Crippen LogP contribution in [0.5, 0.6) is 0 Å². The van der Waals surface area contributed by atoms with Crippen molar-refractivity contribution < 1.29 is 0 Å². The topological polar surface area (TPSA) is 22.8 Å². The van der Waals surface area contributed by atoms with Gasteiger partial charge in [0.15, 0.2) is 0 Å². The van der Waals surface area contributed by atoms with E-state index in [1.54, 1.807) is 0 Å². The molecule has 8 aromatic rings. The first-order chi connectivity index (χ1) is 20.4. The molecule has 6 aromatic carbocycles. The van der Waals surface area contributed by atoms with Gasteiger partial charge in [0, 0.05) is 55.5 Å². The molecule has 0 fully saturated rings. The van der Waals surface area contributed by atoms with E-state index in [9.17, 15) is 0 Å². The highest BCUT2D eigenvalue weighted by Crippen LogP contribution is 2.50. The van der Waals surface area contributed by atoms with Gasteiger partial charge < -0.3 is 9.13 Å². The second kappa shape index (κ2) is 7.72. The zero-order valence-corrected chi connectivity index (χ0v) is 22.7. The van der Waals surface area contributed by atoms with Gasteiger partial charge >= 0.3 is 0 Å². The van der Waals surface area contributed by atoms with Gasteiger partial charge in [0.05, 0.1) is 32.5 Å². The second-order valence-corrected chi connectivity index (χ2v) is 11.9. The van der Waals surface area contributed by atoms with Crippen molar-refractivity contribution in [1.29, 1.82) is 0 Å². The third-order valence-electron chi connectivity index (χ3n) is 8.76. The second-order valence-electron chi connectivity index (χ2n) is 10.8. The highest BCUT2D eigenvalue weighted by atomic mass is 32.1. The lowest BCUT2D eigenvalue weighted by molar-refractivity contribution is 1.13. The van der Waals surface area contributed by atoms with E-state index in [-0.39, 0.29) is 0 Å². The van der Waals surface area contributed by atoms with Crippen LogP contribution >= 0.6 is 11.3 Å². The van der Waals surface area contributed by atoms with Crippen molar-refractivity contribution in [3.63, 3.8) is 0 Å². The zero-order valence-electron chi connectivity index (χ0n) is 21.9. The normalized spacial score (nSPS) is 12.4. The van der Waals surface area contributed by atoms with Crippen LogP contribution in [-0.2, 0) is 0 Å². The van der Waals surface area contributed by atoms with E-state index in [1.807, 2.05) is 23.7 Å². The molecule has 0 radical (unpaired) electrons. The van der Waals surface area contributed by atoms with Crippen molar-refractivity contribution >= 4 is 75.1 Å². The van der Waals surface area contributed by atoms with Crippen LogP contribution in [0.25, 0.3) is 86.3 Å². The number of thiophene rings is 1. The number of hydrogen-bond acceptors (Lipinski definition) is 2. The lowest BCUT2D eigenvalue weighted by Gasteiger charge is -2.29. The molecule has 3 nitrogen and oxygen atoms in total. The lowest BCUT2D eigenvalue weighted by Crippen LogP contribution is -2.10. The van der Waals surface area contributed by atoms with Crippen LogP contribution in [0.4, 0.5) is 0 Å². The van der Waals surface area contributed by atoms with Crippen LogP contribution in [0, 0.1) is 0 Å². The molecule has 0 atom stereocenters. The average Bonchev–Trinajstić information content (AvgIpc) is 3.42. The SMILES string of the molecule is c1ccc2c(c1)sc1c(-n3c4ccc5cccc6c5c4-c4c5c(cccc53)ccc4n6-c3ccncc3)cccc12. The van der Waals surface area contributed by atoms with Crippen molar-refractivity contribution in [3.8, 4) is 22.5 Å². The molecule has 0 amide bonds. The van der Waals surface area contributed by atoms with Gasteiger partial charge in [-0.25, -0.2) is 0 Å². The van der Waals surface area contributed by atoms with Crippen LogP contribution in [0.2, 0.25) is 0 Å². The number of pyridine rings is 3. The fraction of sp³-hybridized carbons (Fsp3) is 0. The molecule has 190 valence electrons. The summed E-state index contributed by atoms with van der Waals surface area (Å²) in [5, 5.41) is 7.74. The molecule has 0 bridgehead atoms. The molecule has 0 saturated carbocycles. The summed E-state index contributed by atoms with van der Waals surface area (Å²) in [7, 11) is 0. The van der Waals surface area contributed by atoms with E-state index in [0.717, 1.165) is 5.69 Å². The standard InChI is InChI=1S/C37H21N3S/c1-2-13-32-25(8-1)26-9-5-12-31(37(26)41-32)40-28-11-4-7-23-14-16-29-35(34(23)28)36-30(40)17-15-22-6-3-10-27(33(22)36)39(29)24-18-20-38-21-19-24/h1-21H. The molecule has 0 N–H and O–H groups in total. The Balaban J connectivity index is 1.49. The highest BCUT2D eigenvalue weighted by Gasteiger charge is 2.27. The van der Waals surface area contributed by atoms with Gasteiger partial charge in [-0.15, -0.1) is 11.3 Å². The van der Waals surface area contributed by atoms with E-state index in [4.69, 9.17) is 0 Å². The number of fused-ring (bicyclic) bond motifs is 3. The maximum atomic E-state index is 4.31. The van der Waals surface area contributed by atoms with E-state index >= 15 is 0 Å². The van der Waals surface area contributed by atoms with E-state index in [0.29, 0.717) is 0 Å². The zero-order chi connectivity index (χ0) is 26.7. The molecule has 0 spiro atoms. The van der Waals surface area contributed by atoms with Crippen LogP contribution in [0.1, 0.15) is 0 Å². The number of aromatic nitrogens is 3. The first-order valence-electron chi connectivity index (χ1n) is 13.9. The molecule has 41 heavy (non-hydrogen) atoms. The third kappa shape index (κ3) is 2.70. The fourth-order valence-corrected chi connectivity index (χ4v) is 8.35. The molecular weight excluding hydrogens is 518 g/mol. The van der Waals surface area contributed by atoms with E-state index in [1.165, 1.54) is 80.6 Å². The summed E-state index contributed by atoms with van der Waals surface area (Å²) in [6.45, 7) is 0. The number of nitrogens with zero attached hydrogens (tertiary/aromatic N) is 3. The molecule has 4 heteroatoms. The summed E-state index contributed by atoms with van der Waals surface area (Å²) in [6, 6.07) is 42.4. The lowest BCUT2D eigenvalue weighted by atomic mass is 9.87. The van der Waals surface area contributed by atoms with Gasteiger partial charge in [-0.2, -0.15) is 0 Å². The van der Waals surface area contributed by atoms with Gasteiger partial charge in [0.25, 0.3) is 0 Å². The van der Waals surface area contributed by atoms with Crippen molar-refractivity contribution in [2.45, 2.75) is 0 Å². The Morgan fingerprint density at radius 1 is 0.488 bits per heavy atom. The maximum absolute atomic E-state index is 4.31. The molecule has 0 unspecified atom stereocenters. The summed E-state index contributed by atoms with van der Waals surface area (Å²) < 4.78 is 7.57. The number of benzene rings is 6. The quantitative estimate of drug-likeness (QED) is 0.158. The van der Waals surface area contributed by atoms with E-state index < -0.39 is 0 Å². The summed E-state index contributed by atoms with van der Waals surface area (Å²) in [5.74, 6) is 0. The van der Waals surface area contributed by atoms with Gasteiger partial charge in [-0.3, -0.25) is 4.98 Å². The van der Waals surface area contributed by atoms with Gasteiger partial charge in [-0.05, 0) is 59.3 Å². The summed E-state index contributed by atoms with van der Waals surface area (Å²) >= 11 is 1.89. The minimum atomic E-state index is 1.12. The third-order valence-corrected chi connectivity index (χ3v) is 9.97. The molecule has 2 aliphatic heterocycles. The molecule has 2 aliphatic rings. The Morgan fingerprint density at radius 2 is 1.12 bits per heavy atom. The van der Waals surface area contributed by atoms with Crippen LogP contribution < -0.4 is 0 Å². The Labute approximate surface area is 238 Å². The monoisotopic (exact) mass is 539 g/mol. The highest BCUT2D eigenvalue weighted by molar-refractivity contribution is 7.26. The Kier molecular flexibility index (Phi) is 4.07. The Bertz CT molecular complexity index is 2580. The maximum Gasteiger partial charge on any atom is 0.0640 e. The largest absolute Gasteiger partial charge is 0.309 e. The van der Waals surface area contributed by atoms with Crippen molar-refractivity contribution in [2.24, 2.45) is 0 Å². The minimum Gasteiger partial charge on any atom is -0.309 e. The molecule has 4 heterocycles. The Hall–Kier alpha value is -5.19. The van der Waals surface area contributed by atoms with Crippen LogP contribution in [0.15, 0.2) is 128 Å². The molecule has 10 rings (SSSR count). The first kappa shape index (κ1) is 21.6. The molecule has 0 saturated heterocycles. The smallest absolute Gasteiger partial charge is 0.0640 e. The van der Waals surface area contributed by atoms with Gasteiger partial charge in [0.1, 0.15) is 0 Å². The van der Waals surface area contributed by atoms with Crippen molar-refractivity contribution in [1.82, 2.24) is 14.1 Å². The van der Waals surface area contributed by atoms with Crippen molar-refractivity contribution in [2.75, 3.05) is 0 Å². The predicted octanol–water partition coefficient (Wildman–Crippen LogP) is 10.2. The first-order valence-corrected chi connectivity index (χ1v) is 14.7. The summed E-state index contributed by atoms with van der Waals surface area (Å²) in [4.78, 5) is 4.31. The minimum absolute atomic E-state index is 1.12. The van der Waals surface area contributed by atoms with Crippen molar-refractivity contribution in [3.05, 3.63) is 128 Å². The average molecular weight is 540 g/mol.